The predicted molar refractivity (Wildman–Crippen MR) is 57.3 cm³/mol. The van der Waals surface area contributed by atoms with E-state index in [2.05, 4.69) is 5.16 Å². The third-order valence-electron chi connectivity index (χ3n) is 2.28. The lowest BCUT2D eigenvalue weighted by Crippen LogP contribution is -1.86. The number of aliphatic hydroxyl groups excluding tert-OH is 1. The van der Waals surface area contributed by atoms with Crippen LogP contribution in [0.3, 0.4) is 0 Å². The molecule has 2 aromatic rings. The summed E-state index contributed by atoms with van der Waals surface area (Å²) in [4.78, 5) is 0. The fourth-order valence-corrected chi connectivity index (χ4v) is 1.51. The van der Waals surface area contributed by atoms with E-state index < -0.39 is 6.10 Å². The van der Waals surface area contributed by atoms with Gasteiger partial charge in [0.2, 0.25) is 0 Å². The Morgan fingerprint density at radius 1 is 1.31 bits per heavy atom. The normalized spacial score (nSPS) is 12.8. The van der Waals surface area contributed by atoms with Crippen LogP contribution in [0, 0.1) is 12.7 Å². The highest BCUT2D eigenvalue weighted by atomic mass is 19.1. The van der Waals surface area contributed by atoms with Crippen LogP contribution in [-0.2, 0) is 0 Å². The van der Waals surface area contributed by atoms with Crippen molar-refractivity contribution in [1.29, 1.82) is 0 Å². The lowest BCUT2D eigenvalue weighted by atomic mass is 10.1. The number of rotatable bonds is 2. The van der Waals surface area contributed by atoms with E-state index in [1.54, 1.807) is 13.0 Å². The molecule has 1 aromatic carbocycles. The van der Waals surface area contributed by atoms with E-state index in [1.807, 2.05) is 13.0 Å². The lowest BCUT2D eigenvalue weighted by Gasteiger charge is -1.98. The maximum atomic E-state index is 13.2. The number of aliphatic hydroxyl groups is 1. The van der Waals surface area contributed by atoms with Crippen molar-refractivity contribution >= 4 is 0 Å². The lowest BCUT2D eigenvalue weighted by molar-refractivity contribution is 0.158. The first kappa shape index (κ1) is 10.8. The number of hydrogen-bond donors (Lipinski definition) is 1. The van der Waals surface area contributed by atoms with Crippen LogP contribution < -0.4 is 0 Å². The van der Waals surface area contributed by atoms with Gasteiger partial charge in [0.15, 0.2) is 5.76 Å². The Morgan fingerprint density at radius 2 is 2.06 bits per heavy atom. The van der Waals surface area contributed by atoms with Gasteiger partial charge in [0, 0.05) is 11.6 Å². The number of benzene rings is 1. The summed E-state index contributed by atoms with van der Waals surface area (Å²) in [5.41, 5.74) is 1.99. The molecule has 0 saturated carbocycles. The number of halogens is 1. The van der Waals surface area contributed by atoms with Crippen molar-refractivity contribution in [2.24, 2.45) is 0 Å². The summed E-state index contributed by atoms with van der Waals surface area (Å²) in [7, 11) is 0. The molecule has 0 spiro atoms. The Labute approximate surface area is 92.5 Å². The number of nitrogens with zero attached hydrogens (tertiary/aromatic N) is 1. The average molecular weight is 221 g/mol. The zero-order valence-corrected chi connectivity index (χ0v) is 9.07. The maximum Gasteiger partial charge on any atom is 0.165 e. The Morgan fingerprint density at radius 3 is 2.62 bits per heavy atom. The van der Waals surface area contributed by atoms with Crippen molar-refractivity contribution in [3.05, 3.63) is 41.4 Å². The van der Waals surface area contributed by atoms with Crippen LogP contribution in [0.2, 0.25) is 0 Å². The minimum Gasteiger partial charge on any atom is -0.385 e. The molecule has 0 radical (unpaired) electrons. The summed E-state index contributed by atoms with van der Waals surface area (Å²) in [6.45, 7) is 3.39. The van der Waals surface area contributed by atoms with Gasteiger partial charge < -0.3 is 9.63 Å². The standard InChI is InChI=1S/C12H12FNO2/c1-7-3-9(5-10(13)4-7)11-6-12(8(2)15)16-14-11/h3-6,8,15H,1-2H3. The van der Waals surface area contributed by atoms with Crippen LogP contribution in [0.1, 0.15) is 24.4 Å². The molecular weight excluding hydrogens is 209 g/mol. The first-order chi connectivity index (χ1) is 7.56. The Balaban J connectivity index is 2.42. The topological polar surface area (TPSA) is 46.3 Å². The van der Waals surface area contributed by atoms with Gasteiger partial charge in [-0.05, 0) is 37.6 Å². The van der Waals surface area contributed by atoms with E-state index in [0.717, 1.165) is 5.56 Å². The van der Waals surface area contributed by atoms with E-state index >= 15 is 0 Å². The molecule has 0 fully saturated rings. The molecule has 0 saturated heterocycles. The molecule has 0 aliphatic carbocycles. The predicted octanol–water partition coefficient (Wildman–Crippen LogP) is 2.84. The van der Waals surface area contributed by atoms with Crippen LogP contribution in [-0.4, -0.2) is 10.3 Å². The molecule has 3 nitrogen and oxygen atoms in total. The highest BCUT2D eigenvalue weighted by Gasteiger charge is 2.11. The minimum absolute atomic E-state index is 0.309. The summed E-state index contributed by atoms with van der Waals surface area (Å²) in [5.74, 6) is 0.0634. The molecular formula is C12H12FNO2. The Hall–Kier alpha value is -1.68. The SMILES string of the molecule is Cc1cc(F)cc(-c2cc(C(C)O)on2)c1. The second-order valence-corrected chi connectivity index (χ2v) is 3.81. The van der Waals surface area contributed by atoms with E-state index in [-0.39, 0.29) is 5.82 Å². The largest absolute Gasteiger partial charge is 0.385 e. The van der Waals surface area contributed by atoms with Crippen molar-refractivity contribution < 1.29 is 14.0 Å². The molecule has 84 valence electrons. The van der Waals surface area contributed by atoms with Gasteiger partial charge in [-0.3, -0.25) is 0 Å². The molecule has 0 aliphatic heterocycles. The molecule has 0 aliphatic rings. The van der Waals surface area contributed by atoms with Crippen molar-refractivity contribution in [2.45, 2.75) is 20.0 Å². The first-order valence-electron chi connectivity index (χ1n) is 4.98. The summed E-state index contributed by atoms with van der Waals surface area (Å²) < 4.78 is 18.1. The zero-order valence-electron chi connectivity index (χ0n) is 9.07. The van der Waals surface area contributed by atoms with Crippen LogP contribution in [0.4, 0.5) is 4.39 Å². The second kappa shape index (κ2) is 4.06. The molecule has 1 atom stereocenters. The summed E-state index contributed by atoms with van der Waals surface area (Å²) in [6, 6.07) is 6.25. The van der Waals surface area contributed by atoms with Gasteiger partial charge in [-0.2, -0.15) is 0 Å². The molecule has 4 heteroatoms. The summed E-state index contributed by atoms with van der Waals surface area (Å²) in [5, 5.41) is 13.1. The van der Waals surface area contributed by atoms with Crippen LogP contribution in [0.5, 0.6) is 0 Å². The first-order valence-corrected chi connectivity index (χ1v) is 4.98. The van der Waals surface area contributed by atoms with Gasteiger partial charge in [-0.25, -0.2) is 4.39 Å². The smallest absolute Gasteiger partial charge is 0.165 e. The fraction of sp³-hybridized carbons (Fsp3) is 0.250. The Bertz CT molecular complexity index is 485. The minimum atomic E-state index is -0.712. The van der Waals surface area contributed by atoms with E-state index in [9.17, 15) is 9.50 Å². The van der Waals surface area contributed by atoms with Gasteiger partial charge in [-0.15, -0.1) is 0 Å². The molecule has 1 aromatic heterocycles. The molecule has 2 rings (SSSR count). The van der Waals surface area contributed by atoms with Crippen molar-refractivity contribution in [1.82, 2.24) is 5.16 Å². The van der Waals surface area contributed by atoms with Crippen molar-refractivity contribution in [3.8, 4) is 11.3 Å². The molecule has 16 heavy (non-hydrogen) atoms. The van der Waals surface area contributed by atoms with Gasteiger partial charge in [-0.1, -0.05) is 5.16 Å². The van der Waals surface area contributed by atoms with Crippen LogP contribution >= 0.6 is 0 Å². The molecule has 1 heterocycles. The van der Waals surface area contributed by atoms with E-state index in [4.69, 9.17) is 4.52 Å². The molecule has 1 N–H and O–H groups in total. The molecule has 1 unspecified atom stereocenters. The number of aromatic nitrogens is 1. The van der Waals surface area contributed by atoms with Gasteiger partial charge >= 0.3 is 0 Å². The monoisotopic (exact) mass is 221 g/mol. The number of aryl methyl sites for hydroxylation is 1. The molecule has 0 bridgehead atoms. The van der Waals surface area contributed by atoms with Crippen LogP contribution in [0.25, 0.3) is 11.3 Å². The average Bonchev–Trinajstić information content (AvgIpc) is 2.64. The van der Waals surface area contributed by atoms with Crippen molar-refractivity contribution in [2.75, 3.05) is 0 Å². The van der Waals surface area contributed by atoms with Crippen LogP contribution in [0.15, 0.2) is 28.8 Å². The Kier molecular flexibility index (Phi) is 2.75. The maximum absolute atomic E-state index is 13.2. The fourth-order valence-electron chi connectivity index (χ4n) is 1.51. The third-order valence-corrected chi connectivity index (χ3v) is 2.28. The zero-order chi connectivity index (χ0) is 11.7. The summed E-state index contributed by atoms with van der Waals surface area (Å²) >= 11 is 0. The quantitative estimate of drug-likeness (QED) is 0.848. The molecule has 0 amide bonds. The summed E-state index contributed by atoms with van der Waals surface area (Å²) in [6.07, 6.45) is -0.712. The van der Waals surface area contributed by atoms with E-state index in [1.165, 1.54) is 12.1 Å². The highest BCUT2D eigenvalue weighted by Crippen LogP contribution is 2.24. The van der Waals surface area contributed by atoms with Gasteiger partial charge in [0.1, 0.15) is 17.6 Å². The highest BCUT2D eigenvalue weighted by molar-refractivity contribution is 5.60. The second-order valence-electron chi connectivity index (χ2n) is 3.81. The van der Waals surface area contributed by atoms with Gasteiger partial charge in [0.25, 0.3) is 0 Å². The van der Waals surface area contributed by atoms with E-state index in [0.29, 0.717) is 17.0 Å². The third kappa shape index (κ3) is 2.12. The number of hydrogen-bond acceptors (Lipinski definition) is 3. The van der Waals surface area contributed by atoms with Crippen molar-refractivity contribution in [3.63, 3.8) is 0 Å². The van der Waals surface area contributed by atoms with Gasteiger partial charge in [0.05, 0.1) is 0 Å².